The van der Waals surface area contributed by atoms with Crippen molar-refractivity contribution >= 4 is 28.9 Å². The van der Waals surface area contributed by atoms with Crippen LogP contribution in [0.1, 0.15) is 59.8 Å². The Morgan fingerprint density at radius 2 is 1.88 bits per heavy atom. The first-order valence-corrected chi connectivity index (χ1v) is 12.0. The van der Waals surface area contributed by atoms with E-state index in [2.05, 4.69) is 5.10 Å². The third-order valence-corrected chi connectivity index (χ3v) is 8.16. The second kappa shape index (κ2) is 7.58. The third kappa shape index (κ3) is 3.57. The van der Waals surface area contributed by atoms with Crippen LogP contribution in [0.5, 0.6) is 0 Å². The van der Waals surface area contributed by atoms with E-state index in [-0.39, 0.29) is 53.8 Å². The number of aliphatic hydroxyl groups is 1. The van der Waals surface area contributed by atoms with E-state index in [1.807, 2.05) is 0 Å². The SMILES string of the molecule is O=C(c1nn2c(C(F)(F)F)cc(C3CC3)cc2c1Cl)N1CC(=O)N(C2CC3CC3C2)C(CO)C1. The maximum atomic E-state index is 13.8. The van der Waals surface area contributed by atoms with Crippen molar-refractivity contribution in [3.05, 3.63) is 34.1 Å². The van der Waals surface area contributed by atoms with E-state index in [0.29, 0.717) is 21.9 Å². The van der Waals surface area contributed by atoms with Crippen LogP contribution >= 0.6 is 11.6 Å². The van der Waals surface area contributed by atoms with E-state index >= 15 is 0 Å². The average Bonchev–Trinajstić information content (AvgIpc) is 3.71. The van der Waals surface area contributed by atoms with Crippen molar-refractivity contribution in [1.82, 2.24) is 19.4 Å². The standard InChI is InChI=1S/C23H24ClF3N4O3/c24-20-17-6-14(11-1-2-11)7-18(23(25,26)27)31(17)28-21(20)22(34)29-8-16(10-32)30(19(33)9-29)15-4-12-3-13(12)5-15/h6-7,11-13,15-16,32H,1-5,8-10H2. The van der Waals surface area contributed by atoms with Gasteiger partial charge in [0, 0.05) is 12.6 Å². The Labute approximate surface area is 198 Å². The predicted molar refractivity (Wildman–Crippen MR) is 115 cm³/mol. The Kier molecular flexibility index (Phi) is 4.94. The molecule has 3 heterocycles. The highest BCUT2D eigenvalue weighted by atomic mass is 35.5. The van der Waals surface area contributed by atoms with Gasteiger partial charge in [-0.15, -0.1) is 0 Å². The molecule has 6 rings (SSSR count). The van der Waals surface area contributed by atoms with Gasteiger partial charge >= 0.3 is 6.18 Å². The molecule has 3 saturated carbocycles. The number of rotatable bonds is 4. The molecular weight excluding hydrogens is 473 g/mol. The topological polar surface area (TPSA) is 78.2 Å². The van der Waals surface area contributed by atoms with Gasteiger partial charge in [-0.05, 0) is 67.6 Å². The second-order valence-electron chi connectivity index (χ2n) is 10.1. The number of nitrogens with zero attached hydrogens (tertiary/aromatic N) is 4. The molecule has 11 heteroatoms. The van der Waals surface area contributed by atoms with E-state index in [0.717, 1.165) is 31.7 Å². The summed E-state index contributed by atoms with van der Waals surface area (Å²) in [7, 11) is 0. The largest absolute Gasteiger partial charge is 0.433 e. The van der Waals surface area contributed by atoms with Crippen molar-refractivity contribution in [2.24, 2.45) is 11.8 Å². The average molecular weight is 497 g/mol. The van der Waals surface area contributed by atoms with Crippen molar-refractivity contribution in [2.45, 2.75) is 56.3 Å². The van der Waals surface area contributed by atoms with Gasteiger partial charge < -0.3 is 14.9 Å². The van der Waals surface area contributed by atoms with Gasteiger partial charge in [-0.2, -0.15) is 18.3 Å². The molecular formula is C23H24ClF3N4O3. The quantitative estimate of drug-likeness (QED) is 0.704. The van der Waals surface area contributed by atoms with E-state index < -0.39 is 23.8 Å². The number of piperazine rings is 1. The highest BCUT2D eigenvalue weighted by Crippen LogP contribution is 2.53. The number of hydrogen-bond acceptors (Lipinski definition) is 4. The Morgan fingerprint density at radius 3 is 2.50 bits per heavy atom. The zero-order valence-corrected chi connectivity index (χ0v) is 19.0. The fourth-order valence-electron chi connectivity index (χ4n) is 5.85. The van der Waals surface area contributed by atoms with Crippen LogP contribution in [0, 0.1) is 11.8 Å². The summed E-state index contributed by atoms with van der Waals surface area (Å²) in [4.78, 5) is 29.3. The first-order chi connectivity index (χ1) is 16.2. The van der Waals surface area contributed by atoms with Gasteiger partial charge in [0.15, 0.2) is 5.69 Å². The van der Waals surface area contributed by atoms with Crippen molar-refractivity contribution in [3.63, 3.8) is 0 Å². The van der Waals surface area contributed by atoms with Crippen molar-refractivity contribution in [3.8, 4) is 0 Å². The molecule has 2 aromatic rings. The van der Waals surface area contributed by atoms with Crippen LogP contribution in [0.4, 0.5) is 13.2 Å². The number of aliphatic hydroxyl groups excluding tert-OH is 1. The Balaban J connectivity index is 1.31. The number of pyridine rings is 1. The van der Waals surface area contributed by atoms with E-state index in [4.69, 9.17) is 11.6 Å². The molecule has 4 aliphatic rings. The van der Waals surface area contributed by atoms with Crippen LogP contribution in [-0.2, 0) is 11.0 Å². The maximum Gasteiger partial charge on any atom is 0.433 e. The fraction of sp³-hybridized carbons (Fsp3) is 0.609. The molecule has 0 radical (unpaired) electrons. The summed E-state index contributed by atoms with van der Waals surface area (Å²) in [6, 6.07) is 2.14. The molecule has 1 N–H and O–H groups in total. The molecule has 7 nitrogen and oxygen atoms in total. The molecule has 4 fully saturated rings. The third-order valence-electron chi connectivity index (χ3n) is 7.79. The van der Waals surface area contributed by atoms with Crippen LogP contribution in [-0.4, -0.2) is 68.1 Å². The van der Waals surface area contributed by atoms with Gasteiger partial charge in [0.2, 0.25) is 5.91 Å². The number of alkyl halides is 3. The van der Waals surface area contributed by atoms with Crippen LogP contribution in [0.15, 0.2) is 12.1 Å². The number of fused-ring (bicyclic) bond motifs is 2. The highest BCUT2D eigenvalue weighted by molar-refractivity contribution is 6.36. The summed E-state index contributed by atoms with van der Waals surface area (Å²) in [5.74, 6) is 0.370. The summed E-state index contributed by atoms with van der Waals surface area (Å²) in [5, 5.41) is 13.8. The minimum absolute atomic E-state index is 0.0237. The first kappa shape index (κ1) is 22.2. The molecule has 0 aromatic carbocycles. The van der Waals surface area contributed by atoms with Crippen LogP contribution in [0.25, 0.3) is 5.52 Å². The molecule has 1 saturated heterocycles. The number of aromatic nitrogens is 2. The summed E-state index contributed by atoms with van der Waals surface area (Å²) in [6.07, 6.45) is -0.0255. The Bertz CT molecular complexity index is 1180. The van der Waals surface area contributed by atoms with Crippen LogP contribution in [0.3, 0.4) is 0 Å². The zero-order valence-electron chi connectivity index (χ0n) is 18.3. The van der Waals surface area contributed by atoms with Crippen LogP contribution < -0.4 is 0 Å². The van der Waals surface area contributed by atoms with E-state index in [9.17, 15) is 27.9 Å². The second-order valence-corrected chi connectivity index (χ2v) is 10.5. The smallest absolute Gasteiger partial charge is 0.394 e. The number of halogens is 4. The molecule has 3 aliphatic carbocycles. The number of carbonyl (C=O) groups excluding carboxylic acids is 2. The van der Waals surface area contributed by atoms with Gasteiger partial charge in [0.1, 0.15) is 12.2 Å². The van der Waals surface area contributed by atoms with Crippen LogP contribution in [0.2, 0.25) is 5.02 Å². The molecule has 182 valence electrons. The van der Waals surface area contributed by atoms with Gasteiger partial charge in [0.05, 0.1) is 23.2 Å². The molecule has 1 aliphatic heterocycles. The van der Waals surface area contributed by atoms with Gasteiger partial charge in [-0.1, -0.05) is 11.6 Å². The summed E-state index contributed by atoms with van der Waals surface area (Å²) >= 11 is 6.41. The predicted octanol–water partition coefficient (Wildman–Crippen LogP) is 3.33. The van der Waals surface area contributed by atoms with Gasteiger partial charge in [0.25, 0.3) is 5.91 Å². The molecule has 0 spiro atoms. The lowest BCUT2D eigenvalue weighted by atomic mass is 10.0. The molecule has 3 atom stereocenters. The normalized spacial score (nSPS) is 29.1. The number of amides is 2. The molecule has 34 heavy (non-hydrogen) atoms. The van der Waals surface area contributed by atoms with E-state index in [1.165, 1.54) is 11.3 Å². The molecule has 2 amide bonds. The number of hydrogen-bond donors (Lipinski definition) is 1. The Morgan fingerprint density at radius 1 is 1.18 bits per heavy atom. The summed E-state index contributed by atoms with van der Waals surface area (Å²) in [5.41, 5.74) is -0.753. The lowest BCUT2D eigenvalue weighted by molar-refractivity contribution is -0.143. The molecule has 3 unspecified atom stereocenters. The fourth-order valence-corrected chi connectivity index (χ4v) is 6.10. The maximum absolute atomic E-state index is 13.8. The molecule has 2 aromatic heterocycles. The Hall–Kier alpha value is -2.33. The summed E-state index contributed by atoms with van der Waals surface area (Å²) in [6.45, 7) is -0.440. The summed E-state index contributed by atoms with van der Waals surface area (Å²) < 4.78 is 42.0. The first-order valence-electron chi connectivity index (χ1n) is 11.7. The van der Waals surface area contributed by atoms with Crippen molar-refractivity contribution in [1.29, 1.82) is 0 Å². The minimum atomic E-state index is -4.68. The monoisotopic (exact) mass is 496 g/mol. The van der Waals surface area contributed by atoms with E-state index in [1.54, 1.807) is 11.0 Å². The van der Waals surface area contributed by atoms with Crippen molar-refractivity contribution < 1.29 is 27.9 Å². The number of carbonyl (C=O) groups is 2. The minimum Gasteiger partial charge on any atom is -0.394 e. The molecule has 0 bridgehead atoms. The van der Waals surface area contributed by atoms with Crippen molar-refractivity contribution in [2.75, 3.05) is 19.7 Å². The lowest BCUT2D eigenvalue weighted by Crippen LogP contribution is -2.61. The highest BCUT2D eigenvalue weighted by Gasteiger charge is 2.51. The van der Waals surface area contributed by atoms with Gasteiger partial charge in [-0.25, -0.2) is 4.52 Å². The zero-order chi connectivity index (χ0) is 23.9. The van der Waals surface area contributed by atoms with Gasteiger partial charge in [-0.3, -0.25) is 9.59 Å². The lowest BCUT2D eigenvalue weighted by Gasteiger charge is -2.43.